The zero-order valence-electron chi connectivity index (χ0n) is 10.5. The van der Waals surface area contributed by atoms with Gasteiger partial charge in [-0.1, -0.05) is 23.8 Å². The third kappa shape index (κ3) is 2.63. The Morgan fingerprint density at radius 1 is 1.16 bits per heavy atom. The van der Waals surface area contributed by atoms with E-state index in [1.165, 1.54) is 5.56 Å². The van der Waals surface area contributed by atoms with Gasteiger partial charge in [0.15, 0.2) is 5.58 Å². The first-order chi connectivity index (χ1) is 9.22. The third-order valence-electron chi connectivity index (χ3n) is 2.91. The number of anilines is 1. The van der Waals surface area contributed by atoms with Gasteiger partial charge in [-0.05, 0) is 47.1 Å². The molecule has 0 saturated carbocycles. The number of hydrogen-bond acceptors (Lipinski definition) is 3. The van der Waals surface area contributed by atoms with Crippen molar-refractivity contribution in [3.8, 4) is 0 Å². The molecule has 2 aromatic carbocycles. The van der Waals surface area contributed by atoms with Gasteiger partial charge in [-0.15, -0.1) is 0 Å². The van der Waals surface area contributed by atoms with Gasteiger partial charge in [0, 0.05) is 5.69 Å². The maximum Gasteiger partial charge on any atom is 0.214 e. The highest BCUT2D eigenvalue weighted by molar-refractivity contribution is 9.10. The van der Waals surface area contributed by atoms with Crippen molar-refractivity contribution >= 4 is 32.7 Å². The van der Waals surface area contributed by atoms with Crippen LogP contribution in [0.2, 0.25) is 0 Å². The fraction of sp³-hybridized carbons (Fsp3) is 0.133. The summed E-state index contributed by atoms with van der Waals surface area (Å²) in [6.45, 7) is 2.65. The number of nitrogens with zero attached hydrogens (tertiary/aromatic N) is 1. The second kappa shape index (κ2) is 5.05. The summed E-state index contributed by atoms with van der Waals surface area (Å²) in [5.41, 5.74) is 3.97. The van der Waals surface area contributed by atoms with Crippen LogP contribution in [0.5, 0.6) is 0 Å². The Bertz CT molecular complexity index is 704. The summed E-state index contributed by atoms with van der Waals surface area (Å²) in [4.78, 5) is 4.45. The molecule has 19 heavy (non-hydrogen) atoms. The monoisotopic (exact) mass is 316 g/mol. The van der Waals surface area contributed by atoms with Gasteiger partial charge in [0.05, 0.1) is 11.0 Å². The van der Waals surface area contributed by atoms with Gasteiger partial charge in [0.25, 0.3) is 0 Å². The average Bonchev–Trinajstić information content (AvgIpc) is 2.83. The highest BCUT2D eigenvalue weighted by Crippen LogP contribution is 2.24. The zero-order chi connectivity index (χ0) is 13.2. The lowest BCUT2D eigenvalue weighted by molar-refractivity contribution is 0.539. The largest absolute Gasteiger partial charge is 0.438 e. The maximum absolute atomic E-state index is 5.72. The Labute approximate surface area is 119 Å². The van der Waals surface area contributed by atoms with Crippen LogP contribution in [-0.4, -0.2) is 4.98 Å². The van der Waals surface area contributed by atoms with E-state index in [1.807, 2.05) is 30.3 Å². The predicted molar refractivity (Wildman–Crippen MR) is 80.2 cm³/mol. The number of nitrogens with one attached hydrogen (secondary N) is 1. The predicted octanol–water partition coefficient (Wildman–Crippen LogP) is 4.51. The Morgan fingerprint density at radius 2 is 1.95 bits per heavy atom. The molecule has 0 aliphatic heterocycles. The van der Waals surface area contributed by atoms with Crippen LogP contribution < -0.4 is 5.32 Å². The summed E-state index contributed by atoms with van der Waals surface area (Å²) >= 11 is 3.46. The highest BCUT2D eigenvalue weighted by Gasteiger charge is 2.07. The fourth-order valence-corrected chi connectivity index (χ4v) is 2.32. The summed E-state index contributed by atoms with van der Waals surface area (Å²) < 4.78 is 6.65. The van der Waals surface area contributed by atoms with E-state index in [9.17, 15) is 0 Å². The molecule has 0 saturated heterocycles. The van der Waals surface area contributed by atoms with Gasteiger partial charge in [-0.25, -0.2) is 4.98 Å². The van der Waals surface area contributed by atoms with Crippen molar-refractivity contribution in [1.29, 1.82) is 0 Å². The molecule has 0 aliphatic rings. The number of aromatic nitrogens is 1. The van der Waals surface area contributed by atoms with Gasteiger partial charge in [-0.3, -0.25) is 0 Å². The number of rotatable bonds is 3. The van der Waals surface area contributed by atoms with Gasteiger partial charge < -0.3 is 9.73 Å². The molecule has 0 spiro atoms. The minimum absolute atomic E-state index is 0.574. The van der Waals surface area contributed by atoms with E-state index in [4.69, 9.17) is 4.42 Å². The van der Waals surface area contributed by atoms with Crippen molar-refractivity contribution in [3.63, 3.8) is 0 Å². The first-order valence-electron chi connectivity index (χ1n) is 6.07. The van der Waals surface area contributed by atoms with Crippen LogP contribution in [0.1, 0.15) is 11.5 Å². The molecule has 1 N–H and O–H groups in total. The van der Waals surface area contributed by atoms with Crippen LogP contribution in [0.4, 0.5) is 5.69 Å². The van der Waals surface area contributed by atoms with Crippen LogP contribution in [-0.2, 0) is 6.54 Å². The molecule has 96 valence electrons. The van der Waals surface area contributed by atoms with Gasteiger partial charge in [-0.2, -0.15) is 0 Å². The molecule has 3 nitrogen and oxygen atoms in total. The van der Waals surface area contributed by atoms with Gasteiger partial charge in [0.2, 0.25) is 5.89 Å². The molecule has 1 aromatic heterocycles. The Balaban J connectivity index is 1.78. The molecule has 0 unspecified atom stereocenters. The van der Waals surface area contributed by atoms with Crippen LogP contribution in [0.3, 0.4) is 0 Å². The van der Waals surface area contributed by atoms with Crippen molar-refractivity contribution in [2.24, 2.45) is 0 Å². The lowest BCUT2D eigenvalue weighted by Crippen LogP contribution is -1.99. The molecule has 0 fully saturated rings. The first kappa shape index (κ1) is 12.2. The molecule has 0 amide bonds. The summed E-state index contributed by atoms with van der Waals surface area (Å²) in [5.74, 6) is 0.683. The average molecular weight is 317 g/mol. The van der Waals surface area contributed by atoms with Crippen molar-refractivity contribution in [3.05, 3.63) is 58.4 Å². The van der Waals surface area contributed by atoms with Crippen LogP contribution in [0.15, 0.2) is 51.4 Å². The number of aryl methyl sites for hydroxylation is 1. The standard InChI is InChI=1S/C15H13BrN2O/c1-10-5-7-11(8-6-10)17-9-14-18-13-4-2-3-12(16)15(13)19-14/h2-8,17H,9H2,1H3. The molecular weight excluding hydrogens is 304 g/mol. The fourth-order valence-electron chi connectivity index (χ4n) is 1.89. The number of oxazole rings is 1. The Kier molecular flexibility index (Phi) is 3.25. The zero-order valence-corrected chi connectivity index (χ0v) is 12.1. The van der Waals surface area contributed by atoms with Crippen LogP contribution in [0.25, 0.3) is 11.1 Å². The number of hydrogen-bond donors (Lipinski definition) is 1. The molecule has 0 bridgehead atoms. The van der Waals surface area contributed by atoms with Crippen molar-refractivity contribution in [1.82, 2.24) is 4.98 Å². The molecular formula is C15H13BrN2O. The molecule has 3 aromatic rings. The summed E-state index contributed by atoms with van der Waals surface area (Å²) in [6.07, 6.45) is 0. The topological polar surface area (TPSA) is 38.1 Å². The quantitative estimate of drug-likeness (QED) is 0.772. The smallest absolute Gasteiger partial charge is 0.214 e. The number of para-hydroxylation sites is 1. The van der Waals surface area contributed by atoms with Crippen molar-refractivity contribution in [2.75, 3.05) is 5.32 Å². The molecule has 1 heterocycles. The van der Waals surface area contributed by atoms with E-state index in [0.717, 1.165) is 21.3 Å². The van der Waals surface area contributed by atoms with E-state index in [-0.39, 0.29) is 0 Å². The van der Waals surface area contributed by atoms with Gasteiger partial charge in [0.1, 0.15) is 5.52 Å². The normalized spacial score (nSPS) is 10.8. The summed E-state index contributed by atoms with van der Waals surface area (Å²) in [7, 11) is 0. The van der Waals surface area contributed by atoms with Crippen LogP contribution >= 0.6 is 15.9 Å². The Hall–Kier alpha value is -1.81. The SMILES string of the molecule is Cc1ccc(NCc2nc3cccc(Br)c3o2)cc1. The number of halogens is 1. The minimum Gasteiger partial charge on any atom is -0.438 e. The molecule has 4 heteroatoms. The van der Waals surface area contributed by atoms with Crippen molar-refractivity contribution < 1.29 is 4.42 Å². The molecule has 0 atom stereocenters. The highest BCUT2D eigenvalue weighted by atomic mass is 79.9. The molecule has 0 aliphatic carbocycles. The second-order valence-electron chi connectivity index (χ2n) is 4.42. The van der Waals surface area contributed by atoms with E-state index in [1.54, 1.807) is 0 Å². The molecule has 0 radical (unpaired) electrons. The van der Waals surface area contributed by atoms with Crippen molar-refractivity contribution in [2.45, 2.75) is 13.5 Å². The van der Waals surface area contributed by atoms with E-state index in [2.05, 4.69) is 45.3 Å². The third-order valence-corrected chi connectivity index (χ3v) is 3.53. The van der Waals surface area contributed by atoms with Crippen LogP contribution in [0, 0.1) is 6.92 Å². The second-order valence-corrected chi connectivity index (χ2v) is 5.27. The van der Waals surface area contributed by atoms with Gasteiger partial charge >= 0.3 is 0 Å². The summed E-state index contributed by atoms with van der Waals surface area (Å²) in [5, 5.41) is 3.30. The number of fused-ring (bicyclic) bond motifs is 1. The maximum atomic E-state index is 5.72. The minimum atomic E-state index is 0.574. The van der Waals surface area contributed by atoms with E-state index in [0.29, 0.717) is 12.4 Å². The lowest BCUT2D eigenvalue weighted by Gasteiger charge is -2.03. The first-order valence-corrected chi connectivity index (χ1v) is 6.86. The number of benzene rings is 2. The lowest BCUT2D eigenvalue weighted by atomic mass is 10.2. The Morgan fingerprint density at radius 3 is 2.68 bits per heavy atom. The van der Waals surface area contributed by atoms with E-state index < -0.39 is 0 Å². The molecule has 3 rings (SSSR count). The summed E-state index contributed by atoms with van der Waals surface area (Å²) in [6, 6.07) is 14.1. The van der Waals surface area contributed by atoms with E-state index >= 15 is 0 Å².